The summed E-state index contributed by atoms with van der Waals surface area (Å²) in [5.74, 6) is -0.379. The molecule has 0 radical (unpaired) electrons. The van der Waals surface area contributed by atoms with Crippen LogP contribution in [0, 0.1) is 6.92 Å². The maximum absolute atomic E-state index is 13.4. The van der Waals surface area contributed by atoms with Crippen LogP contribution in [0.5, 0.6) is 23.0 Å². The van der Waals surface area contributed by atoms with Crippen molar-refractivity contribution >= 4 is 17.4 Å². The highest BCUT2D eigenvalue weighted by Gasteiger charge is 2.46. The molecule has 2 N–H and O–H groups in total. The molecule has 0 aliphatic carbocycles. The van der Waals surface area contributed by atoms with Crippen molar-refractivity contribution in [3.63, 3.8) is 0 Å². The smallest absolute Gasteiger partial charge is 0.295 e. The van der Waals surface area contributed by atoms with E-state index in [9.17, 15) is 19.8 Å². The second-order valence-electron chi connectivity index (χ2n) is 8.62. The van der Waals surface area contributed by atoms with Gasteiger partial charge in [-0.2, -0.15) is 0 Å². The van der Waals surface area contributed by atoms with Crippen molar-refractivity contribution in [1.82, 2.24) is 4.90 Å². The van der Waals surface area contributed by atoms with Crippen LogP contribution in [-0.2, 0) is 16.1 Å². The van der Waals surface area contributed by atoms with Crippen LogP contribution in [-0.4, -0.2) is 47.6 Å². The molecule has 37 heavy (non-hydrogen) atoms. The first kappa shape index (κ1) is 25.6. The molecule has 1 unspecified atom stereocenters. The van der Waals surface area contributed by atoms with Crippen LogP contribution in [0.15, 0.2) is 66.2 Å². The molecule has 0 spiro atoms. The third kappa shape index (κ3) is 4.95. The normalized spacial score (nSPS) is 16.6. The number of carbonyl (C=O) groups is 2. The topological polar surface area (TPSA) is 106 Å². The third-order valence-electron chi connectivity index (χ3n) is 6.32. The lowest BCUT2D eigenvalue weighted by molar-refractivity contribution is -0.140. The van der Waals surface area contributed by atoms with Crippen molar-refractivity contribution in [1.29, 1.82) is 0 Å². The summed E-state index contributed by atoms with van der Waals surface area (Å²) in [7, 11) is 3.11. The van der Waals surface area contributed by atoms with E-state index in [0.717, 1.165) is 11.1 Å². The highest BCUT2D eigenvalue weighted by molar-refractivity contribution is 6.46. The first-order valence-corrected chi connectivity index (χ1v) is 11.8. The van der Waals surface area contributed by atoms with Gasteiger partial charge >= 0.3 is 0 Å². The monoisotopic (exact) mass is 503 g/mol. The summed E-state index contributed by atoms with van der Waals surface area (Å²) < 4.78 is 16.1. The first-order chi connectivity index (χ1) is 17.8. The fourth-order valence-corrected chi connectivity index (χ4v) is 4.47. The summed E-state index contributed by atoms with van der Waals surface area (Å²) >= 11 is 0. The number of Topliss-reactive ketones (excluding diaryl/α,β-unsaturated/α-hetero) is 1. The molecule has 1 aliphatic heterocycles. The summed E-state index contributed by atoms with van der Waals surface area (Å²) in [4.78, 5) is 28.1. The van der Waals surface area contributed by atoms with Gasteiger partial charge in [-0.25, -0.2) is 0 Å². The van der Waals surface area contributed by atoms with E-state index in [4.69, 9.17) is 14.2 Å². The van der Waals surface area contributed by atoms with Gasteiger partial charge in [0.15, 0.2) is 11.5 Å². The molecule has 1 fully saturated rings. The molecule has 3 aromatic carbocycles. The van der Waals surface area contributed by atoms with Crippen LogP contribution in [0.4, 0.5) is 0 Å². The van der Waals surface area contributed by atoms with Gasteiger partial charge in [-0.15, -0.1) is 0 Å². The minimum Gasteiger partial charge on any atom is -0.507 e. The molecule has 1 aliphatic rings. The summed E-state index contributed by atoms with van der Waals surface area (Å²) in [6.45, 7) is 4.04. The number of hydrogen-bond donors (Lipinski definition) is 2. The quantitative estimate of drug-likeness (QED) is 0.260. The van der Waals surface area contributed by atoms with Crippen molar-refractivity contribution in [2.45, 2.75) is 26.4 Å². The summed E-state index contributed by atoms with van der Waals surface area (Å²) in [6, 6.07) is 15.9. The van der Waals surface area contributed by atoms with Gasteiger partial charge in [-0.05, 0) is 73.0 Å². The number of benzene rings is 3. The van der Waals surface area contributed by atoms with E-state index in [2.05, 4.69) is 0 Å². The SMILES string of the molecule is CCOc1cc(C2/C(=C(/O)c3ccc(OC)c(C)c3)C(=O)C(=O)N2Cc2ccc(OC)cc2)ccc1O. The highest BCUT2D eigenvalue weighted by Crippen LogP contribution is 2.43. The number of nitrogens with zero attached hydrogens (tertiary/aromatic N) is 1. The fourth-order valence-electron chi connectivity index (χ4n) is 4.47. The predicted octanol–water partition coefficient (Wildman–Crippen LogP) is 4.74. The van der Waals surface area contributed by atoms with Gasteiger partial charge in [0.25, 0.3) is 11.7 Å². The van der Waals surface area contributed by atoms with Crippen LogP contribution < -0.4 is 14.2 Å². The number of ketones is 1. The zero-order chi connectivity index (χ0) is 26.7. The third-order valence-corrected chi connectivity index (χ3v) is 6.32. The second kappa shape index (κ2) is 10.7. The van der Waals surface area contributed by atoms with Gasteiger partial charge in [0.2, 0.25) is 0 Å². The van der Waals surface area contributed by atoms with Crippen molar-refractivity contribution in [2.75, 3.05) is 20.8 Å². The van der Waals surface area contributed by atoms with Crippen LogP contribution in [0.25, 0.3) is 5.76 Å². The molecule has 0 aromatic heterocycles. The molecule has 1 saturated heterocycles. The van der Waals surface area contributed by atoms with Crippen LogP contribution in [0.2, 0.25) is 0 Å². The zero-order valence-electron chi connectivity index (χ0n) is 21.1. The van der Waals surface area contributed by atoms with E-state index in [0.29, 0.717) is 29.2 Å². The number of aromatic hydroxyl groups is 1. The lowest BCUT2D eigenvalue weighted by Crippen LogP contribution is -2.29. The maximum atomic E-state index is 13.4. The number of rotatable bonds is 8. The van der Waals surface area contributed by atoms with Crippen LogP contribution in [0.1, 0.15) is 35.2 Å². The second-order valence-corrected chi connectivity index (χ2v) is 8.62. The number of aliphatic hydroxyl groups excluding tert-OH is 1. The number of methoxy groups -OCH3 is 2. The Morgan fingerprint density at radius 1 is 0.946 bits per heavy atom. The molecular formula is C29H29NO7. The van der Waals surface area contributed by atoms with E-state index in [-0.39, 0.29) is 29.4 Å². The molecular weight excluding hydrogens is 474 g/mol. The Morgan fingerprint density at radius 3 is 2.30 bits per heavy atom. The molecule has 0 saturated carbocycles. The molecule has 0 bridgehead atoms. The Kier molecular flexibility index (Phi) is 7.38. The van der Waals surface area contributed by atoms with Crippen molar-refractivity contribution in [2.24, 2.45) is 0 Å². The van der Waals surface area contributed by atoms with Crippen molar-refractivity contribution < 1.29 is 34.0 Å². The van der Waals surface area contributed by atoms with Crippen molar-refractivity contribution in [3.8, 4) is 23.0 Å². The Hall–Kier alpha value is -4.46. The van der Waals surface area contributed by atoms with Crippen LogP contribution in [0.3, 0.4) is 0 Å². The minimum absolute atomic E-state index is 0.0452. The van der Waals surface area contributed by atoms with E-state index >= 15 is 0 Å². The van der Waals surface area contributed by atoms with Gasteiger partial charge < -0.3 is 29.3 Å². The van der Waals surface area contributed by atoms with E-state index in [1.54, 1.807) is 63.6 Å². The van der Waals surface area contributed by atoms with Gasteiger partial charge in [-0.3, -0.25) is 9.59 Å². The lowest BCUT2D eigenvalue weighted by atomic mass is 9.94. The van der Waals surface area contributed by atoms with Gasteiger partial charge in [-0.1, -0.05) is 18.2 Å². The number of hydrogen-bond acceptors (Lipinski definition) is 7. The molecule has 8 nitrogen and oxygen atoms in total. The summed E-state index contributed by atoms with van der Waals surface area (Å²) in [5, 5.41) is 21.6. The molecule has 8 heteroatoms. The Balaban J connectivity index is 1.87. The average molecular weight is 504 g/mol. The fraction of sp³-hybridized carbons (Fsp3) is 0.241. The Morgan fingerprint density at radius 2 is 1.68 bits per heavy atom. The number of amides is 1. The number of carbonyl (C=O) groups excluding carboxylic acids is 2. The van der Waals surface area contributed by atoms with Crippen molar-refractivity contribution in [3.05, 3.63) is 88.5 Å². The first-order valence-electron chi connectivity index (χ1n) is 11.8. The van der Waals surface area contributed by atoms with Crippen LogP contribution >= 0.6 is 0 Å². The molecule has 4 rings (SSSR count). The molecule has 3 aromatic rings. The highest BCUT2D eigenvalue weighted by atomic mass is 16.5. The number of aliphatic hydroxyl groups is 1. The number of likely N-dealkylation sites (tertiary alicyclic amines) is 1. The van der Waals surface area contributed by atoms with E-state index < -0.39 is 17.7 Å². The summed E-state index contributed by atoms with van der Waals surface area (Å²) in [5.41, 5.74) is 2.39. The average Bonchev–Trinajstić information content (AvgIpc) is 3.15. The molecule has 1 heterocycles. The maximum Gasteiger partial charge on any atom is 0.295 e. The largest absolute Gasteiger partial charge is 0.507 e. The zero-order valence-corrected chi connectivity index (χ0v) is 21.1. The number of ether oxygens (including phenoxy) is 3. The lowest BCUT2D eigenvalue weighted by Gasteiger charge is -2.26. The number of phenols is 1. The Bertz CT molecular complexity index is 1360. The Labute approximate surface area is 215 Å². The number of phenolic OH excluding ortho intramolecular Hbond substituents is 1. The molecule has 192 valence electrons. The number of aryl methyl sites for hydroxylation is 1. The van der Waals surface area contributed by atoms with E-state index in [1.807, 2.05) is 19.1 Å². The molecule has 1 amide bonds. The van der Waals surface area contributed by atoms with Gasteiger partial charge in [0.05, 0.1) is 32.4 Å². The predicted molar refractivity (Wildman–Crippen MR) is 138 cm³/mol. The van der Waals surface area contributed by atoms with E-state index in [1.165, 1.54) is 11.0 Å². The standard InChI is InChI=1S/C29H29NO7/c1-5-37-24-15-19(8-12-22(24)31)26-25(27(32)20-9-13-23(36-4)17(2)14-20)28(33)29(34)30(26)16-18-6-10-21(35-3)11-7-18/h6-15,26,31-32H,5,16H2,1-4H3/b27-25-. The van der Waals surface area contributed by atoms with Gasteiger partial charge in [0, 0.05) is 12.1 Å². The minimum atomic E-state index is -0.913. The van der Waals surface area contributed by atoms with Gasteiger partial charge in [0.1, 0.15) is 17.3 Å². The summed E-state index contributed by atoms with van der Waals surface area (Å²) in [6.07, 6.45) is 0. The molecule has 1 atom stereocenters.